The fraction of sp³-hybridized carbons (Fsp3) is 0.700. The summed E-state index contributed by atoms with van der Waals surface area (Å²) >= 11 is 0. The molecule has 1 rings (SSSR count). The van der Waals surface area contributed by atoms with Crippen molar-refractivity contribution in [3.63, 3.8) is 0 Å². The summed E-state index contributed by atoms with van der Waals surface area (Å²) in [5.41, 5.74) is 0.507. The first-order valence-electron chi connectivity index (χ1n) is 5.85. The van der Waals surface area contributed by atoms with Crippen LogP contribution in [0.4, 0.5) is 5.69 Å². The van der Waals surface area contributed by atoms with E-state index < -0.39 is 10.2 Å². The van der Waals surface area contributed by atoms with Gasteiger partial charge in [0, 0.05) is 12.2 Å². The number of nitrogens with two attached hydrogens (primary N) is 1. The molecule has 0 fully saturated rings. The zero-order valence-electron chi connectivity index (χ0n) is 11.3. The lowest BCUT2D eigenvalue weighted by atomic mass is 10.4. The van der Waals surface area contributed by atoms with Crippen molar-refractivity contribution in [3.8, 4) is 0 Å². The summed E-state index contributed by atoms with van der Waals surface area (Å²) in [6.07, 6.45) is 3.22. The van der Waals surface area contributed by atoms with Crippen LogP contribution in [0.2, 0.25) is 0 Å². The normalized spacial score (nSPS) is 12.4. The summed E-state index contributed by atoms with van der Waals surface area (Å²) in [6.45, 7) is 4.96. The minimum absolute atomic E-state index is 0.181. The Morgan fingerprint density at radius 2 is 2.11 bits per heavy atom. The molecule has 0 saturated carbocycles. The molecule has 8 heteroatoms. The molecule has 7 nitrogen and oxygen atoms in total. The molecule has 0 saturated heterocycles. The summed E-state index contributed by atoms with van der Waals surface area (Å²) in [5, 5.41) is 9.36. The number of hydrogen-bond donors (Lipinski definition) is 2. The lowest BCUT2D eigenvalue weighted by molar-refractivity contribution is -0.856. The smallest absolute Gasteiger partial charge is 0.299 e. The van der Waals surface area contributed by atoms with Gasteiger partial charge in [0.2, 0.25) is 0 Å². The monoisotopic (exact) mass is 276 g/mol. The number of likely N-dealkylation sites (N-methyl/N-ethyl adjacent to an activating group) is 1. The molecule has 0 atom stereocenters. The highest BCUT2D eigenvalue weighted by molar-refractivity contribution is 7.90. The first kappa shape index (κ1) is 14.9. The van der Waals surface area contributed by atoms with E-state index in [1.165, 1.54) is 10.5 Å². The molecule has 0 unspecified atom stereocenters. The van der Waals surface area contributed by atoms with Gasteiger partial charge in [-0.25, -0.2) is 9.44 Å². The van der Waals surface area contributed by atoms with Crippen LogP contribution < -0.4 is 14.3 Å². The molecule has 0 aliphatic carbocycles. The van der Waals surface area contributed by atoms with Gasteiger partial charge < -0.3 is 4.90 Å². The Kier molecular flexibility index (Phi) is 4.71. The lowest BCUT2D eigenvalue weighted by Gasteiger charge is -2.20. The topological polar surface area (TPSA) is 85.7 Å². The van der Waals surface area contributed by atoms with Gasteiger partial charge in [-0.05, 0) is 13.8 Å². The minimum Gasteiger partial charge on any atom is -0.338 e. The Balaban J connectivity index is 2.95. The molecule has 1 aromatic heterocycles. The molecule has 0 aliphatic rings. The van der Waals surface area contributed by atoms with Crippen LogP contribution in [0.5, 0.6) is 0 Å². The summed E-state index contributed by atoms with van der Waals surface area (Å²) in [6, 6.07) is 0.181. The number of nitrogens with zero attached hydrogens (tertiary/aromatic N) is 3. The quantitative estimate of drug-likeness (QED) is 0.671. The van der Waals surface area contributed by atoms with Gasteiger partial charge in [0.25, 0.3) is 10.2 Å². The summed E-state index contributed by atoms with van der Waals surface area (Å²) in [5.74, 6) is 0. The third-order valence-electron chi connectivity index (χ3n) is 2.53. The van der Waals surface area contributed by atoms with Gasteiger partial charge in [-0.1, -0.05) is 0 Å². The molecule has 18 heavy (non-hydrogen) atoms. The Bertz CT molecular complexity index is 480. The van der Waals surface area contributed by atoms with Gasteiger partial charge >= 0.3 is 0 Å². The van der Waals surface area contributed by atoms with Crippen LogP contribution in [0, 0.1) is 0 Å². The standard InChI is InChI=1S/C10H21N5O2S/c1-9(2)14-8-10(7-12-14)15(18(11,16)17)6-5-13(3)4/h7-9H,5-6H2,1-4H3,(H2,11,16,17)/p+1. The van der Waals surface area contributed by atoms with Crippen molar-refractivity contribution in [1.29, 1.82) is 0 Å². The van der Waals surface area contributed by atoms with E-state index in [4.69, 9.17) is 5.14 Å². The molecule has 0 aromatic carbocycles. The van der Waals surface area contributed by atoms with Crippen molar-refractivity contribution < 1.29 is 13.3 Å². The third kappa shape index (κ3) is 3.97. The van der Waals surface area contributed by atoms with Crippen LogP contribution in [0.15, 0.2) is 12.4 Å². The molecule has 3 N–H and O–H groups in total. The number of quaternary nitrogens is 1. The molecule has 0 bridgehead atoms. The summed E-state index contributed by atoms with van der Waals surface area (Å²) < 4.78 is 26.1. The Labute approximate surface area is 108 Å². The highest BCUT2D eigenvalue weighted by atomic mass is 32.2. The van der Waals surface area contributed by atoms with Crippen molar-refractivity contribution in [1.82, 2.24) is 9.78 Å². The fourth-order valence-electron chi connectivity index (χ4n) is 1.47. The van der Waals surface area contributed by atoms with E-state index in [1.54, 1.807) is 10.9 Å². The third-order valence-corrected chi connectivity index (χ3v) is 3.53. The highest BCUT2D eigenvalue weighted by Crippen LogP contribution is 2.16. The van der Waals surface area contributed by atoms with E-state index in [9.17, 15) is 8.42 Å². The zero-order valence-corrected chi connectivity index (χ0v) is 12.1. The predicted molar refractivity (Wildman–Crippen MR) is 70.7 cm³/mol. The molecular formula is C10H22N5O2S+. The van der Waals surface area contributed by atoms with Gasteiger partial charge in [-0.3, -0.25) is 4.68 Å². The molecule has 104 valence electrons. The van der Waals surface area contributed by atoms with Crippen LogP contribution in [-0.2, 0) is 10.2 Å². The van der Waals surface area contributed by atoms with Crippen LogP contribution in [-0.4, -0.2) is 45.4 Å². The van der Waals surface area contributed by atoms with Gasteiger partial charge in [0.1, 0.15) is 0 Å². The largest absolute Gasteiger partial charge is 0.338 e. The first-order chi connectivity index (χ1) is 8.21. The van der Waals surface area contributed by atoms with Gasteiger partial charge in [0.15, 0.2) is 0 Å². The number of aromatic nitrogens is 2. The van der Waals surface area contributed by atoms with Crippen molar-refractivity contribution in [3.05, 3.63) is 12.4 Å². The number of nitrogens with one attached hydrogen (secondary N) is 1. The van der Waals surface area contributed by atoms with Crippen molar-refractivity contribution in [2.45, 2.75) is 19.9 Å². The Hall–Kier alpha value is -1.12. The molecule has 1 aromatic rings. The van der Waals surface area contributed by atoms with Crippen molar-refractivity contribution in [2.24, 2.45) is 5.14 Å². The van der Waals surface area contributed by atoms with E-state index in [-0.39, 0.29) is 6.04 Å². The van der Waals surface area contributed by atoms with Gasteiger partial charge in [0.05, 0.1) is 39.1 Å². The maximum Gasteiger partial charge on any atom is 0.299 e. The van der Waals surface area contributed by atoms with Crippen molar-refractivity contribution in [2.75, 3.05) is 31.5 Å². The van der Waals surface area contributed by atoms with E-state index in [0.29, 0.717) is 18.8 Å². The first-order valence-corrected chi connectivity index (χ1v) is 7.35. The molecule has 0 amide bonds. The second-order valence-electron chi connectivity index (χ2n) is 4.85. The average Bonchev–Trinajstić information content (AvgIpc) is 2.64. The number of rotatable bonds is 6. The van der Waals surface area contributed by atoms with E-state index in [2.05, 4.69) is 5.10 Å². The van der Waals surface area contributed by atoms with E-state index in [0.717, 1.165) is 4.90 Å². The fourth-order valence-corrected chi connectivity index (χ4v) is 2.20. The number of hydrogen-bond acceptors (Lipinski definition) is 3. The Morgan fingerprint density at radius 1 is 1.50 bits per heavy atom. The van der Waals surface area contributed by atoms with Gasteiger partial charge in [-0.2, -0.15) is 13.5 Å². The second-order valence-corrected chi connectivity index (χ2v) is 6.32. The van der Waals surface area contributed by atoms with Crippen LogP contribution in [0.25, 0.3) is 0 Å². The highest BCUT2D eigenvalue weighted by Gasteiger charge is 2.20. The maximum atomic E-state index is 11.6. The van der Waals surface area contributed by atoms with E-state index in [1.807, 2.05) is 27.9 Å². The predicted octanol–water partition coefficient (Wildman–Crippen LogP) is -1.38. The van der Waals surface area contributed by atoms with Gasteiger partial charge in [-0.15, -0.1) is 0 Å². The summed E-state index contributed by atoms with van der Waals surface area (Å²) in [7, 11) is 0.155. The van der Waals surface area contributed by atoms with Crippen molar-refractivity contribution >= 4 is 15.9 Å². The van der Waals surface area contributed by atoms with Crippen LogP contribution in [0.1, 0.15) is 19.9 Å². The molecular weight excluding hydrogens is 254 g/mol. The summed E-state index contributed by atoms with van der Waals surface area (Å²) in [4.78, 5) is 1.15. The molecule has 0 spiro atoms. The zero-order chi connectivity index (χ0) is 13.9. The second kappa shape index (κ2) is 5.68. The van der Waals surface area contributed by atoms with Crippen LogP contribution in [0.3, 0.4) is 0 Å². The molecule has 0 aliphatic heterocycles. The molecule has 1 heterocycles. The number of anilines is 1. The maximum absolute atomic E-state index is 11.6. The SMILES string of the molecule is CC(C)n1cc(N(CC[NH+](C)C)S(N)(=O)=O)cn1. The van der Waals surface area contributed by atoms with E-state index >= 15 is 0 Å². The Morgan fingerprint density at radius 3 is 2.50 bits per heavy atom. The molecule has 0 radical (unpaired) electrons. The van der Waals surface area contributed by atoms with Crippen LogP contribution >= 0.6 is 0 Å². The average molecular weight is 276 g/mol. The minimum atomic E-state index is -3.76. The lowest BCUT2D eigenvalue weighted by Crippen LogP contribution is -3.06.